The number of methoxy groups -OCH3 is 1. The lowest BCUT2D eigenvalue weighted by molar-refractivity contribution is -0.385. The number of aliphatic imine (C=N–C) groups is 1. The first-order valence-electron chi connectivity index (χ1n) is 8.01. The van der Waals surface area contributed by atoms with Gasteiger partial charge in [0.2, 0.25) is 5.91 Å². The van der Waals surface area contributed by atoms with E-state index >= 15 is 0 Å². The number of benzene rings is 1. The molecule has 0 radical (unpaired) electrons. The lowest BCUT2D eigenvalue weighted by atomic mass is 9.93. The van der Waals surface area contributed by atoms with E-state index < -0.39 is 16.9 Å². The number of rotatable bonds is 4. The van der Waals surface area contributed by atoms with E-state index in [9.17, 15) is 19.7 Å². The number of amides is 1. The highest BCUT2D eigenvalue weighted by Gasteiger charge is 2.48. The minimum Gasteiger partial charge on any atom is -0.466 e. The molecule has 9 heteroatoms. The smallest absolute Gasteiger partial charge is 0.338 e. The molecule has 26 heavy (non-hydrogen) atoms. The minimum atomic E-state index is -0.937. The van der Waals surface area contributed by atoms with Crippen LogP contribution in [-0.2, 0) is 14.3 Å². The van der Waals surface area contributed by atoms with E-state index in [2.05, 4.69) is 4.99 Å². The van der Waals surface area contributed by atoms with E-state index in [4.69, 9.17) is 4.74 Å². The predicted octanol–water partition coefficient (Wildman–Crippen LogP) is 2.81. The number of hydrogen-bond acceptors (Lipinski definition) is 7. The average molecular weight is 375 g/mol. The van der Waals surface area contributed by atoms with Crippen LogP contribution >= 0.6 is 11.8 Å². The third kappa shape index (κ3) is 2.78. The molecule has 2 atom stereocenters. The number of nitro groups is 1. The number of amidine groups is 1. The van der Waals surface area contributed by atoms with Gasteiger partial charge in [-0.1, -0.05) is 30.8 Å². The molecule has 1 saturated heterocycles. The number of allylic oxidation sites excluding steroid dienone is 1. The van der Waals surface area contributed by atoms with Crippen LogP contribution < -0.4 is 0 Å². The van der Waals surface area contributed by atoms with E-state index in [1.165, 1.54) is 29.8 Å². The highest BCUT2D eigenvalue weighted by Crippen LogP contribution is 2.45. The minimum absolute atomic E-state index is 0.135. The summed E-state index contributed by atoms with van der Waals surface area (Å²) in [6, 6.07) is 5.16. The van der Waals surface area contributed by atoms with Crippen LogP contribution in [0.2, 0.25) is 0 Å². The lowest BCUT2D eigenvalue weighted by Crippen LogP contribution is -2.41. The normalized spacial score (nSPS) is 22.2. The molecule has 2 aliphatic heterocycles. The second-order valence-corrected chi connectivity index (χ2v) is 7.00. The van der Waals surface area contributed by atoms with Crippen LogP contribution in [0.4, 0.5) is 5.69 Å². The Hall–Kier alpha value is -2.68. The summed E-state index contributed by atoms with van der Waals surface area (Å²) in [6.45, 7) is 3.53. The largest absolute Gasteiger partial charge is 0.466 e. The standard InChI is InChI=1S/C17H17N3O5S/c1-4-12-15(21)19-14(10-7-5-6-8-11(10)20(23)24)13(16(22)25-3)9(2)18-17(19)26-12/h5-8,12,14H,4H2,1-3H3/t12-,14-/m1/s1. The molecule has 0 bridgehead atoms. The fourth-order valence-electron chi connectivity index (χ4n) is 3.14. The molecule has 0 N–H and O–H groups in total. The molecule has 8 nitrogen and oxygen atoms in total. The van der Waals surface area contributed by atoms with E-state index in [1.54, 1.807) is 25.1 Å². The number of thioether (sulfide) groups is 1. The Kier molecular flexibility index (Phi) is 4.82. The molecule has 2 heterocycles. The van der Waals surface area contributed by atoms with Crippen LogP contribution in [0.5, 0.6) is 0 Å². The maximum absolute atomic E-state index is 12.9. The number of hydrogen-bond donors (Lipinski definition) is 0. The number of nitro benzene ring substituents is 1. The molecule has 1 aromatic rings. The highest BCUT2D eigenvalue weighted by molar-refractivity contribution is 8.15. The van der Waals surface area contributed by atoms with Gasteiger partial charge in [-0.15, -0.1) is 0 Å². The number of fused-ring (bicyclic) bond motifs is 1. The van der Waals surface area contributed by atoms with Gasteiger partial charge in [-0.2, -0.15) is 0 Å². The van der Waals surface area contributed by atoms with Crippen molar-refractivity contribution in [3.63, 3.8) is 0 Å². The average Bonchev–Trinajstić information content (AvgIpc) is 2.95. The van der Waals surface area contributed by atoms with E-state index in [1.807, 2.05) is 6.92 Å². The first-order chi connectivity index (χ1) is 12.4. The van der Waals surface area contributed by atoms with Gasteiger partial charge in [0, 0.05) is 6.07 Å². The SMILES string of the molecule is CC[C@H]1SC2=NC(C)=C(C(=O)OC)[C@@H](c3ccccc3[N+](=O)[O-])N2C1=O. The van der Waals surface area contributed by atoms with Gasteiger partial charge in [-0.3, -0.25) is 19.8 Å². The number of nitrogens with zero attached hydrogens (tertiary/aromatic N) is 3. The molecular formula is C17H17N3O5S. The van der Waals surface area contributed by atoms with Gasteiger partial charge in [-0.25, -0.2) is 9.79 Å². The van der Waals surface area contributed by atoms with Gasteiger partial charge in [-0.05, 0) is 19.4 Å². The summed E-state index contributed by atoms with van der Waals surface area (Å²) < 4.78 is 4.87. The zero-order chi connectivity index (χ0) is 19.0. The number of carbonyl (C=O) groups is 2. The van der Waals surface area contributed by atoms with Crippen molar-refractivity contribution in [1.29, 1.82) is 0 Å². The molecule has 0 unspecified atom stereocenters. The molecule has 2 aliphatic rings. The number of ether oxygens (including phenoxy) is 1. The van der Waals surface area contributed by atoms with Gasteiger partial charge in [0.15, 0.2) is 5.17 Å². The Morgan fingerprint density at radius 1 is 1.42 bits per heavy atom. The molecular weight excluding hydrogens is 358 g/mol. The lowest BCUT2D eigenvalue weighted by Gasteiger charge is -2.32. The fourth-order valence-corrected chi connectivity index (χ4v) is 4.27. The summed E-state index contributed by atoms with van der Waals surface area (Å²) >= 11 is 1.31. The summed E-state index contributed by atoms with van der Waals surface area (Å²) in [5.74, 6) is -0.875. The van der Waals surface area contributed by atoms with Gasteiger partial charge in [0.1, 0.15) is 6.04 Å². The van der Waals surface area contributed by atoms with Crippen molar-refractivity contribution in [1.82, 2.24) is 4.90 Å². The zero-order valence-electron chi connectivity index (χ0n) is 14.5. The third-order valence-electron chi connectivity index (χ3n) is 4.36. The van der Waals surface area contributed by atoms with Crippen molar-refractivity contribution in [3.8, 4) is 0 Å². The summed E-state index contributed by atoms with van der Waals surface area (Å²) in [7, 11) is 1.23. The second kappa shape index (κ2) is 6.91. The maximum Gasteiger partial charge on any atom is 0.338 e. The Labute approximate surface area is 154 Å². The predicted molar refractivity (Wildman–Crippen MR) is 96.5 cm³/mol. The first-order valence-corrected chi connectivity index (χ1v) is 8.89. The van der Waals surface area contributed by atoms with Crippen molar-refractivity contribution in [3.05, 3.63) is 51.2 Å². The van der Waals surface area contributed by atoms with Crippen LogP contribution in [0.1, 0.15) is 31.9 Å². The van der Waals surface area contributed by atoms with Crippen LogP contribution in [-0.4, -0.2) is 39.2 Å². The molecule has 3 rings (SSSR count). The second-order valence-electron chi connectivity index (χ2n) is 5.83. The maximum atomic E-state index is 12.9. The fraction of sp³-hybridized carbons (Fsp3) is 0.353. The van der Waals surface area contributed by atoms with Crippen molar-refractivity contribution >= 4 is 34.5 Å². The number of carbonyl (C=O) groups excluding carboxylic acids is 2. The zero-order valence-corrected chi connectivity index (χ0v) is 15.3. The van der Waals surface area contributed by atoms with E-state index in [-0.39, 0.29) is 28.0 Å². The summed E-state index contributed by atoms with van der Waals surface area (Å²) in [5, 5.41) is 11.6. The van der Waals surface area contributed by atoms with Crippen LogP contribution in [0, 0.1) is 10.1 Å². The molecule has 0 aromatic heterocycles. The van der Waals surface area contributed by atoms with Gasteiger partial charge < -0.3 is 4.74 Å². The van der Waals surface area contributed by atoms with Crippen LogP contribution in [0.25, 0.3) is 0 Å². The van der Waals surface area contributed by atoms with E-state index in [0.717, 1.165) is 0 Å². The molecule has 1 aromatic carbocycles. The molecule has 0 spiro atoms. The van der Waals surface area contributed by atoms with Gasteiger partial charge in [0.25, 0.3) is 5.69 Å². The first kappa shape index (κ1) is 18.1. The van der Waals surface area contributed by atoms with Crippen LogP contribution in [0.3, 0.4) is 0 Å². The monoisotopic (exact) mass is 375 g/mol. The number of para-hydroxylation sites is 1. The molecule has 0 saturated carbocycles. The summed E-state index contributed by atoms with van der Waals surface area (Å²) in [5.41, 5.74) is 0.626. The van der Waals surface area contributed by atoms with Crippen molar-refractivity contribution in [2.24, 2.45) is 4.99 Å². The topological polar surface area (TPSA) is 102 Å². The molecule has 1 fully saturated rings. The Bertz CT molecular complexity index is 864. The van der Waals surface area contributed by atoms with E-state index in [0.29, 0.717) is 17.3 Å². The Morgan fingerprint density at radius 2 is 2.12 bits per heavy atom. The van der Waals surface area contributed by atoms with Crippen LogP contribution in [0.15, 0.2) is 40.5 Å². The number of esters is 1. The molecule has 1 amide bonds. The van der Waals surface area contributed by atoms with Crippen molar-refractivity contribution in [2.75, 3.05) is 7.11 Å². The van der Waals surface area contributed by atoms with Crippen molar-refractivity contribution in [2.45, 2.75) is 31.6 Å². The quantitative estimate of drug-likeness (QED) is 0.455. The van der Waals surface area contributed by atoms with Gasteiger partial charge in [0.05, 0.1) is 34.1 Å². The molecule has 0 aliphatic carbocycles. The summed E-state index contributed by atoms with van der Waals surface area (Å²) in [6.07, 6.45) is 0.592. The van der Waals surface area contributed by atoms with Gasteiger partial charge >= 0.3 is 5.97 Å². The highest BCUT2D eigenvalue weighted by atomic mass is 32.2. The molecule has 136 valence electrons. The Balaban J connectivity index is 2.24. The third-order valence-corrected chi connectivity index (χ3v) is 5.67. The Morgan fingerprint density at radius 3 is 2.73 bits per heavy atom. The van der Waals surface area contributed by atoms with Crippen molar-refractivity contribution < 1.29 is 19.2 Å². The summed E-state index contributed by atoms with van der Waals surface area (Å²) in [4.78, 5) is 42.1.